The maximum atomic E-state index is 12.1. The van der Waals surface area contributed by atoms with Crippen molar-refractivity contribution in [2.45, 2.75) is 18.9 Å². The minimum Gasteiger partial charge on any atom is -0.477 e. The number of rotatable bonds is 3. The molecule has 3 heterocycles. The average molecular weight is 417 g/mol. The molecule has 9 nitrogen and oxygen atoms in total. The number of aromatic carboxylic acids is 1. The van der Waals surface area contributed by atoms with Crippen molar-refractivity contribution in [3.63, 3.8) is 0 Å². The molecule has 1 saturated heterocycles. The molecular formula is C22H19N5O4. The van der Waals surface area contributed by atoms with Crippen LogP contribution in [0.4, 0.5) is 0 Å². The number of carbonyl (C=O) groups is 2. The third kappa shape index (κ3) is 3.89. The van der Waals surface area contributed by atoms with Crippen LogP contribution >= 0.6 is 0 Å². The number of aryl methyl sites for hydroxylation is 1. The van der Waals surface area contributed by atoms with Gasteiger partial charge >= 0.3 is 5.97 Å². The maximum absolute atomic E-state index is 12.1. The second-order valence-electron chi connectivity index (χ2n) is 7.29. The van der Waals surface area contributed by atoms with Gasteiger partial charge in [0.2, 0.25) is 5.60 Å². The summed E-state index contributed by atoms with van der Waals surface area (Å²) in [6.45, 7) is 2.27. The van der Waals surface area contributed by atoms with E-state index in [0.717, 1.165) is 5.69 Å². The standard InChI is InChI=1S/C22H19N5O4/c1-14-7-10-23-27(14)18-13-17(20(28)29)24-19(25-18)16-5-3-4-15(12-16)6-8-22(31)9-11-26(2)21(22)30/h3-5,7,10,12-13,31H,9,11H2,1-2H3,(H,28,29)/t22-/m0/s1. The van der Waals surface area contributed by atoms with Gasteiger partial charge in [-0.25, -0.2) is 19.4 Å². The number of carboxylic acids is 1. The van der Waals surface area contributed by atoms with Gasteiger partial charge in [-0.2, -0.15) is 5.10 Å². The molecule has 0 saturated carbocycles. The molecule has 1 aliphatic heterocycles. The highest BCUT2D eigenvalue weighted by atomic mass is 16.4. The Morgan fingerprint density at radius 3 is 2.68 bits per heavy atom. The van der Waals surface area contributed by atoms with Gasteiger partial charge in [-0.05, 0) is 25.1 Å². The molecule has 1 atom stereocenters. The maximum Gasteiger partial charge on any atom is 0.354 e. The molecule has 1 aliphatic rings. The van der Waals surface area contributed by atoms with Gasteiger partial charge in [0, 0.05) is 49.1 Å². The van der Waals surface area contributed by atoms with E-state index in [1.165, 1.54) is 15.6 Å². The van der Waals surface area contributed by atoms with E-state index in [1.807, 2.05) is 6.92 Å². The normalized spacial score (nSPS) is 18.0. The molecule has 2 aromatic heterocycles. The van der Waals surface area contributed by atoms with Gasteiger partial charge < -0.3 is 15.1 Å². The average Bonchev–Trinajstić information content (AvgIpc) is 3.31. The lowest BCUT2D eigenvalue weighted by molar-refractivity contribution is -0.137. The van der Waals surface area contributed by atoms with E-state index in [4.69, 9.17) is 0 Å². The van der Waals surface area contributed by atoms with Crippen LogP contribution in [0.5, 0.6) is 0 Å². The lowest BCUT2D eigenvalue weighted by Gasteiger charge is -2.13. The van der Waals surface area contributed by atoms with Crippen LogP contribution in [-0.4, -0.2) is 65.9 Å². The number of aromatic nitrogens is 4. The molecule has 0 radical (unpaired) electrons. The van der Waals surface area contributed by atoms with Crippen molar-refractivity contribution in [3.05, 3.63) is 59.5 Å². The van der Waals surface area contributed by atoms with E-state index in [0.29, 0.717) is 23.5 Å². The molecule has 0 spiro atoms. The molecule has 1 aromatic carbocycles. The first-order chi connectivity index (χ1) is 14.8. The van der Waals surface area contributed by atoms with Crippen molar-refractivity contribution in [1.29, 1.82) is 0 Å². The fourth-order valence-electron chi connectivity index (χ4n) is 3.27. The molecule has 0 aliphatic carbocycles. The zero-order chi connectivity index (χ0) is 22.2. The van der Waals surface area contributed by atoms with E-state index >= 15 is 0 Å². The second kappa shape index (κ2) is 7.66. The van der Waals surface area contributed by atoms with Crippen LogP contribution < -0.4 is 0 Å². The van der Waals surface area contributed by atoms with E-state index in [-0.39, 0.29) is 17.9 Å². The molecule has 0 unspecified atom stereocenters. The third-order valence-electron chi connectivity index (χ3n) is 5.02. The minimum atomic E-state index is -1.70. The zero-order valence-corrected chi connectivity index (χ0v) is 16.9. The largest absolute Gasteiger partial charge is 0.477 e. The van der Waals surface area contributed by atoms with Crippen LogP contribution in [0, 0.1) is 18.8 Å². The van der Waals surface area contributed by atoms with Crippen LogP contribution in [0.15, 0.2) is 42.6 Å². The van der Waals surface area contributed by atoms with Crippen molar-refractivity contribution in [3.8, 4) is 29.0 Å². The quantitative estimate of drug-likeness (QED) is 0.616. The number of carboxylic acid groups (broad SMARTS) is 1. The topological polar surface area (TPSA) is 121 Å². The van der Waals surface area contributed by atoms with Crippen molar-refractivity contribution in [2.24, 2.45) is 0 Å². The highest BCUT2D eigenvalue weighted by Gasteiger charge is 2.42. The highest BCUT2D eigenvalue weighted by Crippen LogP contribution is 2.22. The zero-order valence-electron chi connectivity index (χ0n) is 16.9. The summed E-state index contributed by atoms with van der Waals surface area (Å²) in [5.41, 5.74) is 0.00695. The number of amides is 1. The number of carbonyl (C=O) groups excluding carboxylic acids is 1. The molecule has 9 heteroatoms. The van der Waals surface area contributed by atoms with Gasteiger partial charge in [0.1, 0.15) is 0 Å². The molecule has 3 aromatic rings. The first-order valence-electron chi connectivity index (χ1n) is 9.52. The van der Waals surface area contributed by atoms with Gasteiger partial charge in [0.05, 0.1) is 0 Å². The monoisotopic (exact) mass is 417 g/mol. The summed E-state index contributed by atoms with van der Waals surface area (Å²) in [5, 5.41) is 24.1. The first-order valence-corrected chi connectivity index (χ1v) is 9.52. The fourth-order valence-corrected chi connectivity index (χ4v) is 3.27. The SMILES string of the molecule is Cc1ccnn1-c1cc(C(=O)O)nc(-c2cccc(C#C[C@]3(O)CCN(C)C3=O)c2)n1. The molecular weight excluding hydrogens is 398 g/mol. The van der Waals surface area contributed by atoms with Gasteiger partial charge in [-0.1, -0.05) is 24.0 Å². The lowest BCUT2D eigenvalue weighted by atomic mass is 10.0. The molecule has 1 fully saturated rings. The van der Waals surface area contributed by atoms with Crippen LogP contribution in [0.3, 0.4) is 0 Å². The van der Waals surface area contributed by atoms with Gasteiger partial charge in [0.15, 0.2) is 17.3 Å². The summed E-state index contributed by atoms with van der Waals surface area (Å²) in [4.78, 5) is 33.8. The number of likely N-dealkylation sites (N-methyl/N-ethyl adjacent to an activating group) is 1. The Kier molecular flexibility index (Phi) is 5.01. The third-order valence-corrected chi connectivity index (χ3v) is 5.02. The molecule has 0 bridgehead atoms. The highest BCUT2D eigenvalue weighted by molar-refractivity contribution is 5.90. The Morgan fingerprint density at radius 2 is 2.03 bits per heavy atom. The molecule has 156 valence electrons. The predicted molar refractivity (Wildman–Crippen MR) is 110 cm³/mol. The molecule has 31 heavy (non-hydrogen) atoms. The van der Waals surface area contributed by atoms with Crippen molar-refractivity contribution in [2.75, 3.05) is 13.6 Å². The van der Waals surface area contributed by atoms with Crippen molar-refractivity contribution in [1.82, 2.24) is 24.6 Å². The Bertz CT molecular complexity index is 1260. The Balaban J connectivity index is 1.74. The molecule has 1 amide bonds. The Hall–Kier alpha value is -4.03. The van der Waals surface area contributed by atoms with E-state index in [9.17, 15) is 19.8 Å². The van der Waals surface area contributed by atoms with Crippen molar-refractivity contribution >= 4 is 11.9 Å². The van der Waals surface area contributed by atoms with Gasteiger partial charge in [-0.3, -0.25) is 4.79 Å². The number of likely N-dealkylation sites (tertiary alicyclic amines) is 1. The van der Waals surface area contributed by atoms with Crippen molar-refractivity contribution < 1.29 is 19.8 Å². The summed E-state index contributed by atoms with van der Waals surface area (Å²) in [6.07, 6.45) is 1.84. The van der Waals surface area contributed by atoms with Crippen LogP contribution in [0.1, 0.15) is 28.2 Å². The smallest absolute Gasteiger partial charge is 0.354 e. The number of nitrogens with zero attached hydrogens (tertiary/aromatic N) is 5. The van der Waals surface area contributed by atoms with E-state index < -0.39 is 17.5 Å². The Morgan fingerprint density at radius 1 is 1.23 bits per heavy atom. The summed E-state index contributed by atoms with van der Waals surface area (Å²) in [5.74, 6) is 4.43. The van der Waals surface area contributed by atoms with E-state index in [1.54, 1.807) is 43.6 Å². The molecule has 2 N–H and O–H groups in total. The fraction of sp³-hybridized carbons (Fsp3) is 0.227. The number of benzene rings is 1. The first kappa shape index (κ1) is 20.3. The summed E-state index contributed by atoms with van der Waals surface area (Å²) < 4.78 is 1.53. The number of hydrogen-bond acceptors (Lipinski definition) is 6. The molecule has 4 rings (SSSR count). The lowest BCUT2D eigenvalue weighted by Crippen LogP contribution is -2.37. The van der Waals surface area contributed by atoms with Crippen LogP contribution in [-0.2, 0) is 4.79 Å². The van der Waals surface area contributed by atoms with Crippen LogP contribution in [0.25, 0.3) is 17.2 Å². The second-order valence-corrected chi connectivity index (χ2v) is 7.29. The minimum absolute atomic E-state index is 0.166. The van der Waals surface area contributed by atoms with Gasteiger partial charge in [-0.15, -0.1) is 0 Å². The van der Waals surface area contributed by atoms with Gasteiger partial charge in [0.25, 0.3) is 5.91 Å². The summed E-state index contributed by atoms with van der Waals surface area (Å²) in [6, 6.07) is 10.00. The summed E-state index contributed by atoms with van der Waals surface area (Å²) in [7, 11) is 1.62. The Labute approximate surface area is 178 Å². The summed E-state index contributed by atoms with van der Waals surface area (Å²) >= 11 is 0. The predicted octanol–water partition coefficient (Wildman–Crippen LogP) is 1.28. The van der Waals surface area contributed by atoms with E-state index in [2.05, 4.69) is 26.9 Å². The van der Waals surface area contributed by atoms with Crippen LogP contribution in [0.2, 0.25) is 0 Å². The number of aliphatic hydroxyl groups is 1. The number of hydrogen-bond donors (Lipinski definition) is 2.